The van der Waals surface area contributed by atoms with E-state index in [1.54, 1.807) is 7.05 Å². The number of likely N-dealkylation sites (tertiary alicyclic amines) is 1. The van der Waals surface area contributed by atoms with Gasteiger partial charge < -0.3 is 15.5 Å². The highest BCUT2D eigenvalue weighted by Crippen LogP contribution is 2.29. The standard InChI is InChI=1S/C20H29F3N4O/c1-15-4-3-13-27(14-15)18(28)10-12-26-19(24-2)25-11-9-16-5-7-17(8-6-16)20(21,22)23/h5-8,15H,3-4,9-14H2,1-2H3,(H2,24,25,26). The fourth-order valence-electron chi connectivity index (χ4n) is 3.27. The molecule has 5 nitrogen and oxygen atoms in total. The number of carbonyl (C=O) groups excluding carboxylic acids is 1. The maximum absolute atomic E-state index is 12.6. The van der Waals surface area contributed by atoms with Crippen molar-refractivity contribution in [3.8, 4) is 0 Å². The SMILES string of the molecule is CN=C(NCCC(=O)N1CCCC(C)C1)NCCc1ccc(C(F)(F)F)cc1. The van der Waals surface area contributed by atoms with E-state index in [1.165, 1.54) is 18.6 Å². The second-order valence-electron chi connectivity index (χ2n) is 7.21. The third-order valence-corrected chi connectivity index (χ3v) is 4.85. The Morgan fingerprint density at radius 3 is 2.50 bits per heavy atom. The summed E-state index contributed by atoms with van der Waals surface area (Å²) in [6.45, 7) is 4.86. The van der Waals surface area contributed by atoms with E-state index in [4.69, 9.17) is 0 Å². The molecule has 1 aliphatic heterocycles. The van der Waals surface area contributed by atoms with Gasteiger partial charge in [-0.05, 0) is 42.9 Å². The number of aliphatic imine (C=N–C) groups is 1. The molecule has 1 aliphatic rings. The Balaban J connectivity index is 1.68. The topological polar surface area (TPSA) is 56.7 Å². The zero-order valence-electron chi connectivity index (χ0n) is 16.5. The molecular formula is C20H29F3N4O. The predicted octanol–water partition coefficient (Wildman–Crippen LogP) is 3.06. The second-order valence-corrected chi connectivity index (χ2v) is 7.21. The Labute approximate surface area is 164 Å². The summed E-state index contributed by atoms with van der Waals surface area (Å²) in [5.41, 5.74) is 0.166. The zero-order valence-corrected chi connectivity index (χ0v) is 16.5. The Morgan fingerprint density at radius 1 is 1.21 bits per heavy atom. The molecule has 1 heterocycles. The minimum Gasteiger partial charge on any atom is -0.356 e. The minimum absolute atomic E-state index is 0.152. The third-order valence-electron chi connectivity index (χ3n) is 4.85. The van der Waals surface area contributed by atoms with E-state index in [1.807, 2.05) is 4.90 Å². The highest BCUT2D eigenvalue weighted by Gasteiger charge is 2.29. The number of rotatable bonds is 6. The van der Waals surface area contributed by atoms with Crippen LogP contribution in [0, 0.1) is 5.92 Å². The first-order valence-electron chi connectivity index (χ1n) is 9.68. The molecule has 8 heteroatoms. The van der Waals surface area contributed by atoms with Gasteiger partial charge in [-0.2, -0.15) is 13.2 Å². The van der Waals surface area contributed by atoms with Gasteiger partial charge in [0.1, 0.15) is 0 Å². The monoisotopic (exact) mass is 398 g/mol. The molecule has 0 aliphatic carbocycles. The molecule has 1 fully saturated rings. The van der Waals surface area contributed by atoms with Gasteiger partial charge in [0, 0.05) is 39.6 Å². The highest BCUT2D eigenvalue weighted by atomic mass is 19.4. The molecule has 0 saturated carbocycles. The van der Waals surface area contributed by atoms with Gasteiger partial charge in [-0.1, -0.05) is 19.1 Å². The van der Waals surface area contributed by atoms with Crippen LogP contribution in [0.25, 0.3) is 0 Å². The number of amides is 1. The molecule has 1 saturated heterocycles. The normalized spacial score (nSPS) is 18.1. The first-order valence-corrected chi connectivity index (χ1v) is 9.68. The summed E-state index contributed by atoms with van der Waals surface area (Å²) in [6.07, 6.45) is -1.09. The lowest BCUT2D eigenvalue weighted by Crippen LogP contribution is -2.42. The number of guanidine groups is 1. The first-order chi connectivity index (χ1) is 13.3. The van der Waals surface area contributed by atoms with E-state index in [0.717, 1.165) is 37.2 Å². The molecule has 1 aromatic carbocycles. The number of piperidine rings is 1. The van der Waals surface area contributed by atoms with E-state index in [2.05, 4.69) is 22.5 Å². The summed E-state index contributed by atoms with van der Waals surface area (Å²) in [4.78, 5) is 18.3. The minimum atomic E-state index is -4.31. The number of hydrogen-bond acceptors (Lipinski definition) is 2. The predicted molar refractivity (Wildman–Crippen MR) is 104 cm³/mol. The zero-order chi connectivity index (χ0) is 20.6. The largest absolute Gasteiger partial charge is 0.416 e. The fourth-order valence-corrected chi connectivity index (χ4v) is 3.27. The number of carbonyl (C=O) groups is 1. The van der Waals surface area contributed by atoms with E-state index in [9.17, 15) is 18.0 Å². The first kappa shape index (κ1) is 22.0. The molecule has 0 aromatic heterocycles. The highest BCUT2D eigenvalue weighted by molar-refractivity contribution is 5.81. The molecule has 1 atom stereocenters. The molecule has 0 bridgehead atoms. The average molecular weight is 398 g/mol. The van der Waals surface area contributed by atoms with Crippen molar-refractivity contribution in [3.63, 3.8) is 0 Å². The van der Waals surface area contributed by atoms with Crippen molar-refractivity contribution < 1.29 is 18.0 Å². The van der Waals surface area contributed by atoms with Gasteiger partial charge in [-0.15, -0.1) is 0 Å². The average Bonchev–Trinajstić information content (AvgIpc) is 2.66. The summed E-state index contributed by atoms with van der Waals surface area (Å²) in [5.74, 6) is 1.29. The van der Waals surface area contributed by atoms with Gasteiger partial charge in [0.2, 0.25) is 5.91 Å². The molecule has 0 spiro atoms. The van der Waals surface area contributed by atoms with Gasteiger partial charge in [-0.25, -0.2) is 0 Å². The summed E-state index contributed by atoms with van der Waals surface area (Å²) >= 11 is 0. The van der Waals surface area contributed by atoms with Gasteiger partial charge in [-0.3, -0.25) is 9.79 Å². The fraction of sp³-hybridized carbons (Fsp3) is 0.600. The van der Waals surface area contributed by atoms with E-state index in [-0.39, 0.29) is 5.91 Å². The van der Waals surface area contributed by atoms with Crippen LogP contribution in [-0.2, 0) is 17.4 Å². The summed E-state index contributed by atoms with van der Waals surface area (Å²) in [7, 11) is 1.64. The van der Waals surface area contributed by atoms with Gasteiger partial charge in [0.15, 0.2) is 5.96 Å². The van der Waals surface area contributed by atoms with Crippen LogP contribution in [0.2, 0.25) is 0 Å². The lowest BCUT2D eigenvalue weighted by Gasteiger charge is -2.31. The molecule has 2 rings (SSSR count). The number of hydrogen-bond donors (Lipinski definition) is 2. The van der Waals surface area contributed by atoms with Crippen molar-refractivity contribution in [1.29, 1.82) is 0 Å². The maximum atomic E-state index is 12.6. The number of alkyl halides is 3. The Morgan fingerprint density at radius 2 is 1.89 bits per heavy atom. The third kappa shape index (κ3) is 7.05. The van der Waals surface area contributed by atoms with Gasteiger partial charge in [0.25, 0.3) is 0 Å². The van der Waals surface area contributed by atoms with Crippen LogP contribution in [0.5, 0.6) is 0 Å². The quantitative estimate of drug-likeness (QED) is 0.572. The number of halogens is 3. The maximum Gasteiger partial charge on any atom is 0.416 e. The van der Waals surface area contributed by atoms with Crippen molar-refractivity contribution in [2.75, 3.05) is 33.2 Å². The summed E-state index contributed by atoms with van der Waals surface area (Å²) < 4.78 is 37.7. The van der Waals surface area contributed by atoms with Gasteiger partial charge in [0.05, 0.1) is 5.56 Å². The molecular weight excluding hydrogens is 369 g/mol. The van der Waals surface area contributed by atoms with Gasteiger partial charge >= 0.3 is 6.18 Å². The molecule has 1 aromatic rings. The van der Waals surface area contributed by atoms with Crippen molar-refractivity contribution in [1.82, 2.24) is 15.5 Å². The van der Waals surface area contributed by atoms with Crippen LogP contribution in [0.3, 0.4) is 0 Å². The Kier molecular flexibility index (Phi) is 8.14. The van der Waals surface area contributed by atoms with Crippen LogP contribution >= 0.6 is 0 Å². The molecule has 1 unspecified atom stereocenters. The Hall–Kier alpha value is -2.25. The molecule has 156 valence electrons. The molecule has 2 N–H and O–H groups in total. The summed E-state index contributed by atoms with van der Waals surface area (Å²) in [5, 5.41) is 6.22. The number of benzene rings is 1. The summed E-state index contributed by atoms with van der Waals surface area (Å²) in [6, 6.07) is 5.16. The lowest BCUT2D eigenvalue weighted by atomic mass is 10.00. The molecule has 28 heavy (non-hydrogen) atoms. The smallest absolute Gasteiger partial charge is 0.356 e. The van der Waals surface area contributed by atoms with E-state index >= 15 is 0 Å². The van der Waals surface area contributed by atoms with Crippen LogP contribution < -0.4 is 10.6 Å². The second kappa shape index (κ2) is 10.3. The van der Waals surface area contributed by atoms with E-state index in [0.29, 0.717) is 37.8 Å². The van der Waals surface area contributed by atoms with Crippen molar-refractivity contribution >= 4 is 11.9 Å². The van der Waals surface area contributed by atoms with Crippen LogP contribution in [0.1, 0.15) is 37.3 Å². The van der Waals surface area contributed by atoms with E-state index < -0.39 is 11.7 Å². The number of nitrogens with one attached hydrogen (secondary N) is 2. The van der Waals surface area contributed by atoms with Crippen molar-refractivity contribution in [2.45, 2.75) is 38.8 Å². The Bertz CT molecular complexity index is 658. The molecule has 1 amide bonds. The molecule has 0 radical (unpaired) electrons. The van der Waals surface area contributed by atoms with Crippen LogP contribution in [0.15, 0.2) is 29.3 Å². The van der Waals surface area contributed by atoms with Crippen molar-refractivity contribution in [3.05, 3.63) is 35.4 Å². The van der Waals surface area contributed by atoms with Crippen LogP contribution in [0.4, 0.5) is 13.2 Å². The van der Waals surface area contributed by atoms with Crippen molar-refractivity contribution in [2.24, 2.45) is 10.9 Å². The lowest BCUT2D eigenvalue weighted by molar-refractivity contribution is -0.137. The van der Waals surface area contributed by atoms with Crippen LogP contribution in [-0.4, -0.2) is 50.0 Å². The number of nitrogens with zero attached hydrogens (tertiary/aromatic N) is 2.